The Hall–Kier alpha value is -2.19. The molecule has 2 aliphatic rings. The van der Waals surface area contributed by atoms with Crippen LogP contribution in [0.1, 0.15) is 31.4 Å². The zero-order valence-corrected chi connectivity index (χ0v) is 17.5. The molecular weight excluding hydrogens is 378 g/mol. The molecule has 0 aromatic heterocycles. The molecule has 0 saturated carbocycles. The molecule has 28 heavy (non-hydrogen) atoms. The highest BCUT2D eigenvalue weighted by Crippen LogP contribution is 2.33. The Morgan fingerprint density at radius 3 is 2.50 bits per heavy atom. The summed E-state index contributed by atoms with van der Waals surface area (Å²) in [7, 11) is -3.73. The maximum atomic E-state index is 12.7. The van der Waals surface area contributed by atoms with Gasteiger partial charge in [-0.1, -0.05) is 29.8 Å². The molecule has 1 saturated heterocycles. The standard InChI is InChI=1S/C20H27N3O4S/c1-4-27-14-18(24)22-10-5-11-23(13-12-22)20-16(3)19(28(25,26)21-20)17-8-6-15(2)7-9-17/h6-9H,4-5,10-14H2,1-3H3. The highest BCUT2D eigenvalue weighted by molar-refractivity contribution is 8.00. The number of rotatable bonds is 4. The second kappa shape index (κ2) is 8.45. The van der Waals surface area contributed by atoms with Crippen molar-refractivity contribution in [3.8, 4) is 0 Å². The van der Waals surface area contributed by atoms with Gasteiger partial charge in [0.1, 0.15) is 17.3 Å². The smallest absolute Gasteiger partial charge is 0.285 e. The lowest BCUT2D eigenvalue weighted by atomic mass is 10.1. The van der Waals surface area contributed by atoms with Crippen molar-refractivity contribution in [2.24, 2.45) is 4.40 Å². The van der Waals surface area contributed by atoms with E-state index in [0.29, 0.717) is 49.8 Å². The largest absolute Gasteiger partial charge is 0.372 e. The monoisotopic (exact) mass is 405 g/mol. The van der Waals surface area contributed by atoms with E-state index in [9.17, 15) is 13.2 Å². The summed E-state index contributed by atoms with van der Waals surface area (Å²) in [6, 6.07) is 7.44. The lowest BCUT2D eigenvalue weighted by Gasteiger charge is -2.23. The van der Waals surface area contributed by atoms with E-state index in [1.165, 1.54) is 0 Å². The first-order chi connectivity index (χ1) is 13.3. The molecule has 1 aromatic carbocycles. The zero-order valence-electron chi connectivity index (χ0n) is 16.6. The quantitative estimate of drug-likeness (QED) is 0.766. The van der Waals surface area contributed by atoms with Gasteiger partial charge in [0.2, 0.25) is 5.91 Å². The van der Waals surface area contributed by atoms with Gasteiger partial charge in [-0.3, -0.25) is 4.79 Å². The normalized spacial score (nSPS) is 19.6. The minimum Gasteiger partial charge on any atom is -0.372 e. The Bertz CT molecular complexity index is 904. The molecule has 2 aliphatic heterocycles. The van der Waals surface area contributed by atoms with E-state index in [4.69, 9.17) is 4.74 Å². The second-order valence-corrected chi connectivity index (χ2v) is 8.61. The fourth-order valence-electron chi connectivity index (χ4n) is 3.55. The van der Waals surface area contributed by atoms with Crippen LogP contribution < -0.4 is 0 Å². The van der Waals surface area contributed by atoms with Gasteiger partial charge in [-0.25, -0.2) is 0 Å². The van der Waals surface area contributed by atoms with Crippen LogP contribution in [-0.4, -0.2) is 69.4 Å². The summed E-state index contributed by atoms with van der Waals surface area (Å²) in [6.45, 7) is 8.59. The Kier molecular flexibility index (Phi) is 6.20. The van der Waals surface area contributed by atoms with Gasteiger partial charge < -0.3 is 14.5 Å². The van der Waals surface area contributed by atoms with Gasteiger partial charge in [-0.15, -0.1) is 4.40 Å². The molecule has 0 spiro atoms. The van der Waals surface area contributed by atoms with Crippen molar-refractivity contribution >= 4 is 26.7 Å². The van der Waals surface area contributed by atoms with Crippen LogP contribution >= 0.6 is 0 Å². The summed E-state index contributed by atoms with van der Waals surface area (Å²) in [5, 5.41) is 0. The van der Waals surface area contributed by atoms with E-state index in [-0.39, 0.29) is 17.4 Å². The third-order valence-electron chi connectivity index (χ3n) is 5.03. The fourth-order valence-corrected chi connectivity index (χ4v) is 5.03. The minimum absolute atomic E-state index is 0.0303. The van der Waals surface area contributed by atoms with Crippen LogP contribution in [-0.2, 0) is 19.6 Å². The number of amides is 1. The molecular formula is C20H27N3O4S. The lowest BCUT2D eigenvalue weighted by Crippen LogP contribution is -2.38. The van der Waals surface area contributed by atoms with Crippen molar-refractivity contribution in [3.05, 3.63) is 41.0 Å². The van der Waals surface area contributed by atoms with Crippen LogP contribution in [0.15, 0.2) is 34.2 Å². The molecule has 152 valence electrons. The Morgan fingerprint density at radius 2 is 1.82 bits per heavy atom. The SMILES string of the molecule is CCOCC(=O)N1CCCN(C2=NS(=O)(=O)C(c3ccc(C)cc3)=C2C)CC1. The molecule has 1 amide bonds. The van der Waals surface area contributed by atoms with Crippen molar-refractivity contribution in [2.75, 3.05) is 39.4 Å². The summed E-state index contributed by atoms with van der Waals surface area (Å²) < 4.78 is 34.8. The van der Waals surface area contributed by atoms with Crippen LogP contribution in [0.5, 0.6) is 0 Å². The zero-order chi connectivity index (χ0) is 20.3. The number of aryl methyl sites for hydroxylation is 1. The lowest BCUT2D eigenvalue weighted by molar-refractivity contribution is -0.135. The van der Waals surface area contributed by atoms with Crippen molar-refractivity contribution in [1.82, 2.24) is 9.80 Å². The fraction of sp³-hybridized carbons (Fsp3) is 0.500. The van der Waals surface area contributed by atoms with Crippen LogP contribution in [0, 0.1) is 6.92 Å². The molecule has 0 N–H and O–H groups in total. The first kappa shape index (κ1) is 20.5. The van der Waals surface area contributed by atoms with E-state index in [1.54, 1.807) is 4.90 Å². The molecule has 0 unspecified atom stereocenters. The predicted octanol–water partition coefficient (Wildman–Crippen LogP) is 2.04. The predicted molar refractivity (Wildman–Crippen MR) is 109 cm³/mol. The number of amidine groups is 1. The van der Waals surface area contributed by atoms with Gasteiger partial charge >= 0.3 is 0 Å². The second-order valence-electron chi connectivity index (χ2n) is 7.07. The van der Waals surface area contributed by atoms with E-state index >= 15 is 0 Å². The molecule has 2 heterocycles. The third-order valence-corrected chi connectivity index (χ3v) is 6.50. The third kappa shape index (κ3) is 4.28. The number of hydrogen-bond donors (Lipinski definition) is 0. The highest BCUT2D eigenvalue weighted by atomic mass is 32.2. The van der Waals surface area contributed by atoms with Crippen LogP contribution in [0.2, 0.25) is 0 Å². The number of carbonyl (C=O) groups excluding carboxylic acids is 1. The first-order valence-corrected chi connectivity index (χ1v) is 11.0. The van der Waals surface area contributed by atoms with Crippen molar-refractivity contribution in [1.29, 1.82) is 0 Å². The summed E-state index contributed by atoms with van der Waals surface area (Å²) >= 11 is 0. The minimum atomic E-state index is -3.73. The average Bonchev–Trinajstić information content (AvgIpc) is 2.83. The van der Waals surface area contributed by atoms with Crippen LogP contribution in [0.25, 0.3) is 4.91 Å². The molecule has 3 rings (SSSR count). The van der Waals surface area contributed by atoms with E-state index < -0.39 is 10.0 Å². The van der Waals surface area contributed by atoms with Crippen LogP contribution in [0.4, 0.5) is 0 Å². The Morgan fingerprint density at radius 1 is 1.11 bits per heavy atom. The maximum Gasteiger partial charge on any atom is 0.285 e. The Balaban J connectivity index is 1.80. The molecule has 0 bridgehead atoms. The average molecular weight is 406 g/mol. The van der Waals surface area contributed by atoms with Gasteiger partial charge in [0, 0.05) is 38.4 Å². The van der Waals surface area contributed by atoms with Gasteiger partial charge in [0.05, 0.1) is 0 Å². The molecule has 0 radical (unpaired) electrons. The van der Waals surface area contributed by atoms with Gasteiger partial charge in [-0.2, -0.15) is 8.42 Å². The van der Waals surface area contributed by atoms with Crippen LogP contribution in [0.3, 0.4) is 0 Å². The molecule has 0 aliphatic carbocycles. The van der Waals surface area contributed by atoms with E-state index in [2.05, 4.69) is 4.40 Å². The molecule has 7 nitrogen and oxygen atoms in total. The summed E-state index contributed by atoms with van der Waals surface area (Å²) in [5.74, 6) is 0.465. The van der Waals surface area contributed by atoms with Crippen molar-refractivity contribution in [2.45, 2.75) is 27.2 Å². The number of hydrogen-bond acceptors (Lipinski definition) is 5. The van der Waals surface area contributed by atoms with E-state index in [0.717, 1.165) is 12.0 Å². The molecule has 1 aromatic rings. The number of benzene rings is 1. The van der Waals surface area contributed by atoms with E-state index in [1.807, 2.05) is 49.9 Å². The summed E-state index contributed by atoms with van der Waals surface area (Å²) in [5.41, 5.74) is 2.39. The molecule has 1 fully saturated rings. The number of ether oxygens (including phenoxy) is 1. The van der Waals surface area contributed by atoms with Crippen molar-refractivity contribution < 1.29 is 17.9 Å². The number of nitrogens with zero attached hydrogens (tertiary/aromatic N) is 3. The van der Waals surface area contributed by atoms with Gasteiger partial charge in [0.15, 0.2) is 0 Å². The van der Waals surface area contributed by atoms with Gasteiger partial charge in [0.25, 0.3) is 10.0 Å². The number of carbonyl (C=O) groups is 1. The molecule has 0 atom stereocenters. The molecule has 8 heteroatoms. The highest BCUT2D eigenvalue weighted by Gasteiger charge is 2.34. The topological polar surface area (TPSA) is 79.3 Å². The van der Waals surface area contributed by atoms with Gasteiger partial charge in [-0.05, 0) is 32.8 Å². The maximum absolute atomic E-state index is 12.7. The van der Waals surface area contributed by atoms with Crippen molar-refractivity contribution in [3.63, 3.8) is 0 Å². The first-order valence-electron chi connectivity index (χ1n) is 9.57. The Labute approximate surface area is 166 Å². The summed E-state index contributed by atoms with van der Waals surface area (Å²) in [6.07, 6.45) is 0.754. The number of sulfonamides is 1. The summed E-state index contributed by atoms with van der Waals surface area (Å²) in [4.78, 5) is 16.2.